The number of aliphatic imine (C=N–C) groups is 1. The molecule has 3 rings (SSSR count). The standard InChI is InChI=1S/C23H36N4O2/c1-4-24-23(26-20-11-13-27(14-12-20)22(28)17(2)3)25-15-19-7-5-6-8-21(19)29-16-18-9-10-18/h5-8,17-18,20H,4,9-16H2,1-3H3,(H2,24,25,26). The average molecular weight is 401 g/mol. The molecule has 1 aliphatic carbocycles. The van der Waals surface area contributed by atoms with E-state index in [4.69, 9.17) is 9.73 Å². The van der Waals surface area contributed by atoms with E-state index in [9.17, 15) is 4.79 Å². The maximum Gasteiger partial charge on any atom is 0.225 e. The van der Waals surface area contributed by atoms with Gasteiger partial charge in [0.05, 0.1) is 13.2 Å². The second-order valence-corrected chi connectivity index (χ2v) is 8.46. The zero-order valence-corrected chi connectivity index (χ0v) is 18.1. The van der Waals surface area contributed by atoms with Gasteiger partial charge in [0.1, 0.15) is 5.75 Å². The molecule has 2 fully saturated rings. The summed E-state index contributed by atoms with van der Waals surface area (Å²) in [7, 11) is 0. The molecule has 1 saturated heterocycles. The van der Waals surface area contributed by atoms with Gasteiger partial charge in [-0.3, -0.25) is 4.79 Å². The van der Waals surface area contributed by atoms with E-state index in [1.807, 2.05) is 36.9 Å². The predicted octanol–water partition coefficient (Wildman–Crippen LogP) is 3.18. The minimum absolute atomic E-state index is 0.0700. The number of carbonyl (C=O) groups is 1. The van der Waals surface area contributed by atoms with Crippen molar-refractivity contribution in [1.29, 1.82) is 0 Å². The third-order valence-electron chi connectivity index (χ3n) is 5.54. The number of likely N-dealkylation sites (tertiary alicyclic amines) is 1. The summed E-state index contributed by atoms with van der Waals surface area (Å²) >= 11 is 0. The van der Waals surface area contributed by atoms with Gasteiger partial charge in [0.15, 0.2) is 5.96 Å². The number of nitrogens with one attached hydrogen (secondary N) is 2. The lowest BCUT2D eigenvalue weighted by molar-refractivity contribution is -0.135. The summed E-state index contributed by atoms with van der Waals surface area (Å²) in [4.78, 5) is 19.0. The number of hydrogen-bond donors (Lipinski definition) is 2. The molecule has 29 heavy (non-hydrogen) atoms. The second kappa shape index (κ2) is 10.5. The molecule has 0 radical (unpaired) electrons. The molecular formula is C23H36N4O2. The molecule has 1 heterocycles. The third kappa shape index (κ3) is 6.65. The Bertz CT molecular complexity index is 692. The maximum absolute atomic E-state index is 12.2. The van der Waals surface area contributed by atoms with E-state index in [1.54, 1.807) is 0 Å². The Morgan fingerprint density at radius 1 is 1.21 bits per heavy atom. The molecular weight excluding hydrogens is 364 g/mol. The van der Waals surface area contributed by atoms with Crippen LogP contribution >= 0.6 is 0 Å². The van der Waals surface area contributed by atoms with E-state index in [0.29, 0.717) is 12.6 Å². The van der Waals surface area contributed by atoms with Crippen LogP contribution in [0, 0.1) is 11.8 Å². The zero-order chi connectivity index (χ0) is 20.6. The number of benzene rings is 1. The van der Waals surface area contributed by atoms with Crippen molar-refractivity contribution >= 4 is 11.9 Å². The first-order valence-corrected chi connectivity index (χ1v) is 11.1. The summed E-state index contributed by atoms with van der Waals surface area (Å²) < 4.78 is 6.01. The van der Waals surface area contributed by atoms with Crippen LogP contribution in [0.5, 0.6) is 5.75 Å². The van der Waals surface area contributed by atoms with Gasteiger partial charge in [0.2, 0.25) is 5.91 Å². The van der Waals surface area contributed by atoms with Gasteiger partial charge in [-0.05, 0) is 44.6 Å². The van der Waals surface area contributed by atoms with Crippen molar-refractivity contribution in [2.75, 3.05) is 26.2 Å². The fourth-order valence-electron chi connectivity index (χ4n) is 3.55. The van der Waals surface area contributed by atoms with Crippen molar-refractivity contribution in [3.05, 3.63) is 29.8 Å². The monoisotopic (exact) mass is 400 g/mol. The summed E-state index contributed by atoms with van der Waals surface area (Å²) in [5.41, 5.74) is 1.11. The topological polar surface area (TPSA) is 66.0 Å². The molecule has 1 aliphatic heterocycles. The predicted molar refractivity (Wildman–Crippen MR) is 117 cm³/mol. The lowest BCUT2D eigenvalue weighted by Gasteiger charge is -2.34. The minimum atomic E-state index is 0.0700. The number of amides is 1. The molecule has 2 aliphatic rings. The Morgan fingerprint density at radius 2 is 1.93 bits per heavy atom. The fourth-order valence-corrected chi connectivity index (χ4v) is 3.55. The summed E-state index contributed by atoms with van der Waals surface area (Å²) in [6.45, 7) is 9.85. The highest BCUT2D eigenvalue weighted by Crippen LogP contribution is 2.30. The van der Waals surface area contributed by atoms with Gasteiger partial charge in [-0.25, -0.2) is 4.99 Å². The first-order chi connectivity index (χ1) is 14.1. The smallest absolute Gasteiger partial charge is 0.225 e. The molecule has 1 amide bonds. The zero-order valence-electron chi connectivity index (χ0n) is 18.1. The number of ether oxygens (including phenoxy) is 1. The largest absolute Gasteiger partial charge is 0.493 e. The lowest BCUT2D eigenvalue weighted by atomic mass is 10.0. The van der Waals surface area contributed by atoms with Crippen LogP contribution in [0.15, 0.2) is 29.3 Å². The van der Waals surface area contributed by atoms with Gasteiger partial charge < -0.3 is 20.3 Å². The van der Waals surface area contributed by atoms with Crippen LogP contribution in [0.4, 0.5) is 0 Å². The lowest BCUT2D eigenvalue weighted by Crippen LogP contribution is -2.50. The van der Waals surface area contributed by atoms with E-state index < -0.39 is 0 Å². The fraction of sp³-hybridized carbons (Fsp3) is 0.652. The van der Waals surface area contributed by atoms with E-state index in [0.717, 1.165) is 62.3 Å². The first kappa shape index (κ1) is 21.5. The highest BCUT2D eigenvalue weighted by Gasteiger charge is 2.25. The second-order valence-electron chi connectivity index (χ2n) is 8.46. The highest BCUT2D eigenvalue weighted by atomic mass is 16.5. The quantitative estimate of drug-likeness (QED) is 0.520. The normalized spacial score (nSPS) is 18.1. The van der Waals surface area contributed by atoms with Crippen LogP contribution in [0.2, 0.25) is 0 Å². The third-order valence-corrected chi connectivity index (χ3v) is 5.54. The van der Waals surface area contributed by atoms with Gasteiger partial charge >= 0.3 is 0 Å². The molecule has 0 atom stereocenters. The van der Waals surface area contributed by atoms with Gasteiger partial charge in [0.25, 0.3) is 0 Å². The number of hydrogen-bond acceptors (Lipinski definition) is 3. The Hall–Kier alpha value is -2.24. The highest BCUT2D eigenvalue weighted by molar-refractivity contribution is 5.80. The molecule has 0 bridgehead atoms. The Kier molecular flexibility index (Phi) is 7.78. The van der Waals surface area contributed by atoms with E-state index >= 15 is 0 Å². The van der Waals surface area contributed by atoms with Crippen molar-refractivity contribution in [1.82, 2.24) is 15.5 Å². The van der Waals surface area contributed by atoms with Gasteiger partial charge in [-0.15, -0.1) is 0 Å². The summed E-state index contributed by atoms with van der Waals surface area (Å²) in [6.07, 6.45) is 4.47. The van der Waals surface area contributed by atoms with Crippen LogP contribution in [-0.2, 0) is 11.3 Å². The van der Waals surface area contributed by atoms with E-state index in [2.05, 4.69) is 23.6 Å². The van der Waals surface area contributed by atoms with E-state index in [1.165, 1.54) is 12.8 Å². The van der Waals surface area contributed by atoms with Crippen molar-refractivity contribution < 1.29 is 9.53 Å². The number of guanidine groups is 1. The molecule has 0 aromatic heterocycles. The Balaban J connectivity index is 1.54. The first-order valence-electron chi connectivity index (χ1n) is 11.1. The van der Waals surface area contributed by atoms with Crippen molar-refractivity contribution in [2.45, 2.75) is 59.0 Å². The molecule has 1 aromatic rings. The average Bonchev–Trinajstić information content (AvgIpc) is 3.56. The SMILES string of the molecule is CCNC(=NCc1ccccc1OCC1CC1)NC1CCN(C(=O)C(C)C)CC1. The summed E-state index contributed by atoms with van der Waals surface area (Å²) in [5.74, 6) is 2.84. The molecule has 160 valence electrons. The van der Waals surface area contributed by atoms with Crippen LogP contribution in [0.25, 0.3) is 0 Å². The van der Waals surface area contributed by atoms with Gasteiger partial charge in [-0.1, -0.05) is 32.0 Å². The molecule has 6 heteroatoms. The Morgan fingerprint density at radius 3 is 2.59 bits per heavy atom. The molecule has 1 saturated carbocycles. The number of para-hydroxylation sites is 1. The molecule has 1 aromatic carbocycles. The number of carbonyl (C=O) groups excluding carboxylic acids is 1. The molecule has 0 unspecified atom stereocenters. The van der Waals surface area contributed by atoms with Crippen molar-refractivity contribution in [3.63, 3.8) is 0 Å². The minimum Gasteiger partial charge on any atom is -0.493 e. The van der Waals surface area contributed by atoms with Crippen LogP contribution < -0.4 is 15.4 Å². The van der Waals surface area contributed by atoms with Gasteiger partial charge in [-0.2, -0.15) is 0 Å². The van der Waals surface area contributed by atoms with Crippen molar-refractivity contribution in [2.24, 2.45) is 16.8 Å². The number of piperidine rings is 1. The van der Waals surface area contributed by atoms with Gasteiger partial charge in [0, 0.05) is 37.2 Å². The Labute approximate surface area is 175 Å². The van der Waals surface area contributed by atoms with E-state index in [-0.39, 0.29) is 11.8 Å². The summed E-state index contributed by atoms with van der Waals surface area (Å²) in [5, 5.41) is 6.91. The van der Waals surface area contributed by atoms with Crippen LogP contribution in [0.1, 0.15) is 52.0 Å². The van der Waals surface area contributed by atoms with Crippen LogP contribution in [0.3, 0.4) is 0 Å². The maximum atomic E-state index is 12.2. The summed E-state index contributed by atoms with van der Waals surface area (Å²) in [6, 6.07) is 8.52. The molecule has 6 nitrogen and oxygen atoms in total. The number of rotatable bonds is 8. The molecule has 2 N–H and O–H groups in total. The molecule has 0 spiro atoms. The van der Waals surface area contributed by atoms with Crippen LogP contribution in [-0.4, -0.2) is 49.0 Å². The van der Waals surface area contributed by atoms with Crippen molar-refractivity contribution in [3.8, 4) is 5.75 Å². The number of nitrogens with zero attached hydrogens (tertiary/aromatic N) is 2.